The second kappa shape index (κ2) is 6.66. The van der Waals surface area contributed by atoms with Crippen molar-refractivity contribution in [3.63, 3.8) is 0 Å². The van der Waals surface area contributed by atoms with Crippen LogP contribution >= 0.6 is 0 Å². The fourth-order valence-corrected chi connectivity index (χ4v) is 2.22. The second-order valence-electron chi connectivity index (χ2n) is 6.26. The Morgan fingerprint density at radius 3 is 2.75 bits per heavy atom. The van der Waals surface area contributed by atoms with Crippen LogP contribution in [0.5, 0.6) is 0 Å². The number of rotatable bonds is 5. The minimum Gasteiger partial charge on any atom is -0.379 e. The van der Waals surface area contributed by atoms with Gasteiger partial charge in [-0.2, -0.15) is 0 Å². The van der Waals surface area contributed by atoms with Gasteiger partial charge in [0.15, 0.2) is 0 Å². The van der Waals surface area contributed by atoms with E-state index in [1.165, 1.54) is 6.07 Å². The number of benzene rings is 1. The monoisotopic (exact) mass is 281 g/mol. The third-order valence-electron chi connectivity index (χ3n) is 3.31. The van der Waals surface area contributed by atoms with E-state index in [-0.39, 0.29) is 23.6 Å². The number of hydrogen-bond donors (Lipinski definition) is 1. The van der Waals surface area contributed by atoms with E-state index in [4.69, 9.17) is 9.47 Å². The van der Waals surface area contributed by atoms with Crippen molar-refractivity contribution >= 4 is 0 Å². The van der Waals surface area contributed by atoms with Crippen molar-refractivity contribution in [1.82, 2.24) is 5.32 Å². The summed E-state index contributed by atoms with van der Waals surface area (Å²) in [7, 11) is 0. The molecule has 1 heterocycles. The van der Waals surface area contributed by atoms with E-state index in [0.717, 1.165) is 13.0 Å². The van der Waals surface area contributed by atoms with E-state index >= 15 is 0 Å². The molecule has 1 aliphatic heterocycles. The Morgan fingerprint density at radius 1 is 1.40 bits per heavy atom. The molecule has 0 aliphatic carbocycles. The van der Waals surface area contributed by atoms with Gasteiger partial charge in [0, 0.05) is 24.3 Å². The highest BCUT2D eigenvalue weighted by Gasteiger charge is 2.25. The Hall–Kier alpha value is -0.970. The lowest BCUT2D eigenvalue weighted by Gasteiger charge is -2.27. The summed E-state index contributed by atoms with van der Waals surface area (Å²) < 4.78 is 25.4. The minimum atomic E-state index is -0.290. The van der Waals surface area contributed by atoms with Crippen LogP contribution in [0.1, 0.15) is 38.9 Å². The summed E-state index contributed by atoms with van der Waals surface area (Å²) in [4.78, 5) is 0. The van der Waals surface area contributed by atoms with Gasteiger partial charge >= 0.3 is 0 Å². The highest BCUT2D eigenvalue weighted by molar-refractivity contribution is 5.20. The molecule has 1 aromatic rings. The standard InChI is InChI=1S/C16H24FNO2/c1-16(2,3)18-10-15(20-12-8-9-19-11-12)13-6-4-5-7-14(13)17/h4-7,12,15,18H,8-11H2,1-3H3. The van der Waals surface area contributed by atoms with Gasteiger partial charge in [-0.25, -0.2) is 4.39 Å². The third kappa shape index (κ3) is 4.54. The Bertz CT molecular complexity index is 425. The maximum atomic E-state index is 14.0. The van der Waals surface area contributed by atoms with E-state index in [1.807, 2.05) is 6.07 Å². The molecule has 2 atom stereocenters. The Balaban J connectivity index is 2.08. The molecule has 1 aliphatic rings. The van der Waals surface area contributed by atoms with Crippen LogP contribution in [0.25, 0.3) is 0 Å². The quantitative estimate of drug-likeness (QED) is 0.900. The lowest BCUT2D eigenvalue weighted by atomic mass is 10.1. The molecule has 4 heteroatoms. The highest BCUT2D eigenvalue weighted by atomic mass is 19.1. The fraction of sp³-hybridized carbons (Fsp3) is 0.625. The van der Waals surface area contributed by atoms with Crippen LogP contribution in [0, 0.1) is 5.82 Å². The summed E-state index contributed by atoms with van der Waals surface area (Å²) in [6, 6.07) is 6.82. The number of ether oxygens (including phenoxy) is 2. The van der Waals surface area contributed by atoms with E-state index in [9.17, 15) is 4.39 Å². The summed E-state index contributed by atoms with van der Waals surface area (Å²) >= 11 is 0. The molecule has 1 aromatic carbocycles. The summed E-state index contributed by atoms with van der Waals surface area (Å²) in [5.74, 6) is -0.216. The summed E-state index contributed by atoms with van der Waals surface area (Å²) in [6.07, 6.45) is 0.643. The Labute approximate surface area is 120 Å². The van der Waals surface area contributed by atoms with Crippen LogP contribution in [-0.2, 0) is 9.47 Å². The predicted molar refractivity (Wildman–Crippen MR) is 77.2 cm³/mol. The van der Waals surface area contributed by atoms with Crippen LogP contribution < -0.4 is 5.32 Å². The molecule has 1 N–H and O–H groups in total. The van der Waals surface area contributed by atoms with Crippen LogP contribution in [0.15, 0.2) is 24.3 Å². The number of nitrogens with one attached hydrogen (secondary N) is 1. The zero-order valence-corrected chi connectivity index (χ0v) is 12.5. The molecule has 2 unspecified atom stereocenters. The first-order chi connectivity index (χ1) is 9.46. The van der Waals surface area contributed by atoms with Crippen molar-refractivity contribution in [1.29, 1.82) is 0 Å². The molecule has 112 valence electrons. The largest absolute Gasteiger partial charge is 0.379 e. The lowest BCUT2D eigenvalue weighted by Crippen LogP contribution is -2.40. The molecule has 0 aromatic heterocycles. The first-order valence-corrected chi connectivity index (χ1v) is 7.18. The molecule has 0 bridgehead atoms. The van der Waals surface area contributed by atoms with Gasteiger partial charge in [-0.15, -0.1) is 0 Å². The number of hydrogen-bond acceptors (Lipinski definition) is 3. The summed E-state index contributed by atoms with van der Waals surface area (Å²) in [5.41, 5.74) is 0.579. The van der Waals surface area contributed by atoms with E-state index in [0.29, 0.717) is 18.7 Å². The molecule has 1 fully saturated rings. The van der Waals surface area contributed by atoms with Gasteiger partial charge in [0.2, 0.25) is 0 Å². The average Bonchev–Trinajstić information content (AvgIpc) is 2.87. The topological polar surface area (TPSA) is 30.5 Å². The van der Waals surface area contributed by atoms with Crippen molar-refractivity contribution in [2.45, 2.75) is 44.9 Å². The SMILES string of the molecule is CC(C)(C)NCC(OC1CCOC1)c1ccccc1F. The van der Waals surface area contributed by atoms with E-state index in [2.05, 4.69) is 26.1 Å². The number of halogens is 1. The lowest BCUT2D eigenvalue weighted by molar-refractivity contribution is -0.0203. The van der Waals surface area contributed by atoms with Crippen molar-refractivity contribution in [3.05, 3.63) is 35.6 Å². The molecule has 0 saturated carbocycles. The van der Waals surface area contributed by atoms with Crippen LogP contribution in [0.4, 0.5) is 4.39 Å². The first kappa shape index (κ1) is 15.4. The van der Waals surface area contributed by atoms with Gasteiger partial charge in [-0.3, -0.25) is 0 Å². The van der Waals surface area contributed by atoms with Gasteiger partial charge < -0.3 is 14.8 Å². The van der Waals surface area contributed by atoms with Gasteiger partial charge in [0.25, 0.3) is 0 Å². The molecule has 20 heavy (non-hydrogen) atoms. The van der Waals surface area contributed by atoms with Gasteiger partial charge in [-0.1, -0.05) is 18.2 Å². The molecular weight excluding hydrogens is 257 g/mol. The molecule has 0 spiro atoms. The smallest absolute Gasteiger partial charge is 0.129 e. The van der Waals surface area contributed by atoms with Crippen LogP contribution in [-0.4, -0.2) is 31.4 Å². The Morgan fingerprint density at radius 2 is 2.15 bits per heavy atom. The van der Waals surface area contributed by atoms with Gasteiger partial charge in [0.05, 0.1) is 18.8 Å². The van der Waals surface area contributed by atoms with Crippen LogP contribution in [0.3, 0.4) is 0 Å². The van der Waals surface area contributed by atoms with Crippen LogP contribution in [0.2, 0.25) is 0 Å². The molecule has 0 amide bonds. The fourth-order valence-electron chi connectivity index (χ4n) is 2.22. The van der Waals surface area contributed by atoms with Crippen molar-refractivity contribution < 1.29 is 13.9 Å². The molecular formula is C16H24FNO2. The first-order valence-electron chi connectivity index (χ1n) is 7.18. The predicted octanol–water partition coefficient (Wildman–Crippen LogP) is 3.06. The second-order valence-corrected chi connectivity index (χ2v) is 6.26. The maximum absolute atomic E-state index is 14.0. The van der Waals surface area contributed by atoms with Crippen molar-refractivity contribution in [2.24, 2.45) is 0 Å². The van der Waals surface area contributed by atoms with Crippen molar-refractivity contribution in [3.8, 4) is 0 Å². The van der Waals surface area contributed by atoms with Crippen molar-refractivity contribution in [2.75, 3.05) is 19.8 Å². The molecule has 3 nitrogen and oxygen atoms in total. The normalized spacial score (nSPS) is 21.1. The Kier molecular flexibility index (Phi) is 5.13. The van der Waals surface area contributed by atoms with Gasteiger partial charge in [0.1, 0.15) is 5.82 Å². The molecule has 2 rings (SSSR count). The third-order valence-corrected chi connectivity index (χ3v) is 3.31. The minimum absolute atomic E-state index is 0.0287. The van der Waals surface area contributed by atoms with E-state index < -0.39 is 0 Å². The average molecular weight is 281 g/mol. The molecule has 0 radical (unpaired) electrons. The summed E-state index contributed by atoms with van der Waals surface area (Å²) in [6.45, 7) is 8.17. The van der Waals surface area contributed by atoms with Gasteiger partial charge in [-0.05, 0) is 33.3 Å². The zero-order chi connectivity index (χ0) is 14.6. The highest BCUT2D eigenvalue weighted by Crippen LogP contribution is 2.24. The molecule has 1 saturated heterocycles. The van der Waals surface area contributed by atoms with E-state index in [1.54, 1.807) is 12.1 Å². The zero-order valence-electron chi connectivity index (χ0n) is 12.5. The maximum Gasteiger partial charge on any atom is 0.129 e. The summed E-state index contributed by atoms with van der Waals surface area (Å²) in [5, 5.41) is 3.39.